The maximum Gasteiger partial charge on any atom is 0.225 e. The van der Waals surface area contributed by atoms with E-state index in [9.17, 15) is 9.18 Å². The number of amides is 1. The van der Waals surface area contributed by atoms with Crippen LogP contribution in [0.1, 0.15) is 57.4 Å². The lowest BCUT2D eigenvalue weighted by Crippen LogP contribution is -2.40. The SMILES string of the molecule is CC1(CNC(=O)Cc2ccc(OCC[C@@H]3C[C@@H]3C3CCN(c4ncc(Cl)cn4)CC3)cc2F)CCC1. The lowest BCUT2D eigenvalue weighted by molar-refractivity contribution is -0.121. The Kier molecular flexibility index (Phi) is 7.65. The Balaban J connectivity index is 0.998. The Morgan fingerprint density at radius 1 is 1.25 bits per heavy atom. The van der Waals surface area contributed by atoms with Crippen LogP contribution in [-0.4, -0.2) is 42.1 Å². The van der Waals surface area contributed by atoms with Gasteiger partial charge in [-0.3, -0.25) is 4.79 Å². The van der Waals surface area contributed by atoms with E-state index in [0.717, 1.165) is 63.0 Å². The standard InChI is InChI=1S/C28H36ClFN4O2/c1-28(8-2-9-28)18-33-26(35)14-21-3-4-23(15-25(21)30)36-12-7-20-13-24(20)19-5-10-34(11-6-19)27-31-16-22(29)17-32-27/h3-4,15-17,19-20,24H,2,5-14,18H2,1H3,(H,33,35)/t20-,24-/m1/s1. The third kappa shape index (κ3) is 6.28. The highest BCUT2D eigenvalue weighted by molar-refractivity contribution is 6.30. The lowest BCUT2D eigenvalue weighted by Gasteiger charge is -2.38. The van der Waals surface area contributed by atoms with Gasteiger partial charge >= 0.3 is 0 Å². The summed E-state index contributed by atoms with van der Waals surface area (Å²) in [5.41, 5.74) is 0.632. The minimum absolute atomic E-state index is 0.0644. The molecule has 3 aliphatic rings. The van der Waals surface area contributed by atoms with Gasteiger partial charge in [-0.15, -0.1) is 0 Å². The van der Waals surface area contributed by atoms with E-state index >= 15 is 0 Å². The average Bonchev–Trinajstić information content (AvgIpc) is 3.63. The summed E-state index contributed by atoms with van der Waals surface area (Å²) in [6.45, 7) is 5.42. The van der Waals surface area contributed by atoms with Gasteiger partial charge in [0, 0.05) is 25.7 Å². The Hall–Kier alpha value is -2.41. The van der Waals surface area contributed by atoms with Crippen molar-refractivity contribution < 1.29 is 13.9 Å². The molecule has 194 valence electrons. The van der Waals surface area contributed by atoms with Crippen LogP contribution >= 0.6 is 11.6 Å². The summed E-state index contributed by atoms with van der Waals surface area (Å²) in [5.74, 6) is 3.00. The summed E-state index contributed by atoms with van der Waals surface area (Å²) in [7, 11) is 0. The molecule has 0 spiro atoms. The van der Waals surface area contributed by atoms with Crippen LogP contribution in [0.25, 0.3) is 0 Å². The van der Waals surface area contributed by atoms with E-state index in [1.807, 2.05) is 0 Å². The normalized spacial score (nSPS) is 23.1. The summed E-state index contributed by atoms with van der Waals surface area (Å²) >= 11 is 5.89. The number of hydrogen-bond donors (Lipinski definition) is 1. The molecular formula is C28H36ClFN4O2. The molecule has 1 aromatic heterocycles. The Morgan fingerprint density at radius 2 is 2.00 bits per heavy atom. The number of anilines is 1. The van der Waals surface area contributed by atoms with Crippen molar-refractivity contribution in [3.8, 4) is 5.75 Å². The van der Waals surface area contributed by atoms with Crippen molar-refractivity contribution in [2.24, 2.45) is 23.2 Å². The van der Waals surface area contributed by atoms with Crippen LogP contribution < -0.4 is 15.0 Å². The van der Waals surface area contributed by atoms with Crippen molar-refractivity contribution >= 4 is 23.5 Å². The summed E-state index contributed by atoms with van der Waals surface area (Å²) in [4.78, 5) is 23.1. The molecule has 2 aromatic rings. The quantitative estimate of drug-likeness (QED) is 0.457. The average molecular weight is 515 g/mol. The van der Waals surface area contributed by atoms with Crippen LogP contribution in [0.15, 0.2) is 30.6 Å². The fourth-order valence-electron chi connectivity index (χ4n) is 5.77. The molecule has 2 aliphatic carbocycles. The highest BCUT2D eigenvalue weighted by Crippen LogP contribution is 2.50. The van der Waals surface area contributed by atoms with E-state index in [1.54, 1.807) is 24.5 Å². The van der Waals surface area contributed by atoms with Gasteiger partial charge in [-0.25, -0.2) is 14.4 Å². The van der Waals surface area contributed by atoms with Gasteiger partial charge in [-0.05, 0) is 73.3 Å². The molecule has 8 heteroatoms. The zero-order valence-corrected chi connectivity index (χ0v) is 21.8. The number of piperidine rings is 1. The van der Waals surface area contributed by atoms with Crippen LogP contribution in [0.2, 0.25) is 5.02 Å². The van der Waals surface area contributed by atoms with Gasteiger partial charge in [-0.1, -0.05) is 31.0 Å². The van der Waals surface area contributed by atoms with Gasteiger partial charge in [-0.2, -0.15) is 0 Å². The molecule has 1 aromatic carbocycles. The van der Waals surface area contributed by atoms with Crippen molar-refractivity contribution in [2.45, 2.75) is 58.3 Å². The van der Waals surface area contributed by atoms with E-state index in [2.05, 4.69) is 27.1 Å². The van der Waals surface area contributed by atoms with Gasteiger partial charge in [0.15, 0.2) is 0 Å². The number of halogens is 2. The maximum absolute atomic E-state index is 14.6. The number of aromatic nitrogens is 2. The molecule has 2 heterocycles. The molecule has 3 fully saturated rings. The van der Waals surface area contributed by atoms with Gasteiger partial charge in [0.25, 0.3) is 0 Å². The van der Waals surface area contributed by atoms with Crippen LogP contribution in [0.4, 0.5) is 10.3 Å². The molecule has 2 saturated carbocycles. The number of ether oxygens (including phenoxy) is 1. The zero-order valence-electron chi connectivity index (χ0n) is 21.0. The van der Waals surface area contributed by atoms with Gasteiger partial charge in [0.1, 0.15) is 11.6 Å². The number of hydrogen-bond acceptors (Lipinski definition) is 5. The van der Waals surface area contributed by atoms with E-state index in [4.69, 9.17) is 16.3 Å². The van der Waals surface area contributed by atoms with Crippen molar-refractivity contribution in [2.75, 3.05) is 31.1 Å². The molecule has 1 aliphatic heterocycles. The monoisotopic (exact) mass is 514 g/mol. The Morgan fingerprint density at radius 3 is 2.67 bits per heavy atom. The Labute approximate surface area is 218 Å². The van der Waals surface area contributed by atoms with Crippen LogP contribution in [0.3, 0.4) is 0 Å². The van der Waals surface area contributed by atoms with Gasteiger partial charge < -0.3 is 15.0 Å². The molecule has 36 heavy (non-hydrogen) atoms. The van der Waals surface area contributed by atoms with Gasteiger partial charge in [0.2, 0.25) is 11.9 Å². The number of rotatable bonds is 10. The third-order valence-corrected chi connectivity index (χ3v) is 8.61. The summed E-state index contributed by atoms with van der Waals surface area (Å²) in [5, 5.41) is 3.52. The second kappa shape index (κ2) is 10.9. The lowest BCUT2D eigenvalue weighted by atomic mass is 9.70. The minimum Gasteiger partial charge on any atom is -0.493 e. The van der Waals surface area contributed by atoms with E-state index in [0.29, 0.717) is 35.4 Å². The second-order valence-electron chi connectivity index (χ2n) is 11.2. The van der Waals surface area contributed by atoms with Crippen LogP contribution in [-0.2, 0) is 11.2 Å². The molecule has 0 bridgehead atoms. The highest BCUT2D eigenvalue weighted by atomic mass is 35.5. The fourth-order valence-corrected chi connectivity index (χ4v) is 5.87. The van der Waals surface area contributed by atoms with Crippen molar-refractivity contribution in [1.82, 2.24) is 15.3 Å². The summed E-state index contributed by atoms with van der Waals surface area (Å²) in [6.07, 6.45) is 11.5. The number of carbonyl (C=O) groups excluding carboxylic acids is 1. The number of nitrogens with one attached hydrogen (secondary N) is 1. The van der Waals surface area contributed by atoms with Crippen LogP contribution in [0, 0.1) is 29.0 Å². The summed E-state index contributed by atoms with van der Waals surface area (Å²) < 4.78 is 20.4. The smallest absolute Gasteiger partial charge is 0.225 e. The summed E-state index contributed by atoms with van der Waals surface area (Å²) in [6, 6.07) is 4.86. The fraction of sp³-hybridized carbons (Fsp3) is 0.607. The molecule has 1 N–H and O–H groups in total. The van der Waals surface area contributed by atoms with Crippen molar-refractivity contribution in [1.29, 1.82) is 0 Å². The molecule has 1 saturated heterocycles. The predicted molar refractivity (Wildman–Crippen MR) is 139 cm³/mol. The van der Waals surface area contributed by atoms with E-state index in [-0.39, 0.29) is 23.6 Å². The van der Waals surface area contributed by atoms with E-state index < -0.39 is 0 Å². The predicted octanol–water partition coefficient (Wildman–Crippen LogP) is 5.44. The van der Waals surface area contributed by atoms with Gasteiger partial charge in [0.05, 0.1) is 30.4 Å². The van der Waals surface area contributed by atoms with Crippen molar-refractivity contribution in [3.63, 3.8) is 0 Å². The minimum atomic E-state index is -0.377. The largest absolute Gasteiger partial charge is 0.493 e. The second-order valence-corrected chi connectivity index (χ2v) is 11.6. The highest BCUT2D eigenvalue weighted by Gasteiger charge is 2.43. The van der Waals surface area contributed by atoms with E-state index in [1.165, 1.54) is 18.9 Å². The molecule has 0 unspecified atom stereocenters. The first-order valence-electron chi connectivity index (χ1n) is 13.3. The number of nitrogens with zero attached hydrogens (tertiary/aromatic N) is 3. The van der Waals surface area contributed by atoms with Crippen LogP contribution in [0.5, 0.6) is 5.75 Å². The van der Waals surface area contributed by atoms with Crippen molar-refractivity contribution in [3.05, 3.63) is 47.0 Å². The zero-order chi connectivity index (χ0) is 25.1. The maximum atomic E-state index is 14.6. The molecular weight excluding hydrogens is 479 g/mol. The first kappa shape index (κ1) is 25.2. The molecule has 2 atom stereocenters. The number of carbonyl (C=O) groups is 1. The molecule has 5 rings (SSSR count). The number of benzene rings is 1. The first-order chi connectivity index (χ1) is 17.4. The topological polar surface area (TPSA) is 67.3 Å². The molecule has 6 nitrogen and oxygen atoms in total. The Bertz CT molecular complexity index is 1050. The molecule has 1 amide bonds. The molecule has 0 radical (unpaired) electrons. The first-order valence-corrected chi connectivity index (χ1v) is 13.7. The third-order valence-electron chi connectivity index (χ3n) is 8.42.